The molecule has 0 atom stereocenters. The summed E-state index contributed by atoms with van der Waals surface area (Å²) < 4.78 is 27.9. The van der Waals surface area contributed by atoms with E-state index in [1.165, 1.54) is 38.6 Å². The van der Waals surface area contributed by atoms with Crippen LogP contribution in [0.25, 0.3) is 16.6 Å². The molecular weight excluding hydrogens is 458 g/mol. The highest BCUT2D eigenvalue weighted by atomic mass is 35.5. The second kappa shape index (κ2) is 9.27. The van der Waals surface area contributed by atoms with Gasteiger partial charge in [-0.2, -0.15) is 0 Å². The van der Waals surface area contributed by atoms with Crippen LogP contribution in [0.4, 0.5) is 14.5 Å². The van der Waals surface area contributed by atoms with E-state index in [1.54, 1.807) is 12.1 Å². The second-order valence-corrected chi connectivity index (χ2v) is 9.19. The number of nitrogens with zero attached hydrogens (tertiary/aromatic N) is 4. The van der Waals surface area contributed by atoms with E-state index in [0.717, 1.165) is 24.8 Å². The fourth-order valence-corrected chi connectivity index (χ4v) is 4.82. The minimum atomic E-state index is -0.892. The van der Waals surface area contributed by atoms with E-state index in [9.17, 15) is 8.78 Å². The second-order valence-electron chi connectivity index (χ2n) is 8.79. The fraction of sp³-hybridized carbons (Fsp3) is 0.320. The molecule has 2 saturated heterocycles. The summed E-state index contributed by atoms with van der Waals surface area (Å²) in [6.07, 6.45) is 6.94. The molecule has 0 aliphatic carbocycles. The predicted octanol–water partition coefficient (Wildman–Crippen LogP) is 4.60. The van der Waals surface area contributed by atoms with Gasteiger partial charge in [0.2, 0.25) is 0 Å². The Hall–Kier alpha value is -3.10. The van der Waals surface area contributed by atoms with Gasteiger partial charge in [-0.25, -0.2) is 13.8 Å². The van der Waals surface area contributed by atoms with Crippen molar-refractivity contribution in [3.63, 3.8) is 0 Å². The first-order valence-electron chi connectivity index (χ1n) is 11.4. The van der Waals surface area contributed by atoms with Crippen molar-refractivity contribution in [2.45, 2.75) is 25.3 Å². The van der Waals surface area contributed by atoms with Crippen LogP contribution in [-0.2, 0) is 0 Å². The molecule has 2 aromatic heterocycles. The molecule has 0 saturated carbocycles. The normalized spacial score (nSPS) is 17.7. The molecule has 5 rings (SSSR count). The number of aromatic nitrogens is 2. The molecule has 34 heavy (non-hydrogen) atoms. The first kappa shape index (κ1) is 22.7. The molecule has 3 N–H and O–H groups in total. The Bertz CT molecular complexity index is 1280. The van der Waals surface area contributed by atoms with E-state index in [0.29, 0.717) is 28.8 Å². The Morgan fingerprint density at radius 3 is 2.56 bits per heavy atom. The van der Waals surface area contributed by atoms with Gasteiger partial charge in [-0.05, 0) is 50.2 Å². The summed E-state index contributed by atoms with van der Waals surface area (Å²) in [5.74, 6) is -1.78. The number of piperidine rings is 1. The van der Waals surface area contributed by atoms with Gasteiger partial charge in [0.05, 0.1) is 39.3 Å². The lowest BCUT2D eigenvalue weighted by molar-refractivity contribution is 0.139. The lowest BCUT2D eigenvalue weighted by Gasteiger charge is -2.47. The van der Waals surface area contributed by atoms with Crippen LogP contribution in [0.3, 0.4) is 0 Å². The molecule has 2 aliphatic rings. The predicted molar refractivity (Wildman–Crippen MR) is 131 cm³/mol. The standard InChI is InChI=1S/C25H25ClF2N6/c26-19-9-17(20(27)10-21(19)28)25(30)18(11-29)22-4-5-23-24(32-22)8-15(12-31-23)34-13-16(14-34)33-6-2-1-3-7-33/h4-5,8-12,16,30H,1-3,6-7,13-14,29H2/b18-11-,30-25?. The van der Waals surface area contributed by atoms with Crippen molar-refractivity contribution in [2.24, 2.45) is 5.73 Å². The van der Waals surface area contributed by atoms with Crippen molar-refractivity contribution in [1.29, 1.82) is 5.41 Å². The van der Waals surface area contributed by atoms with E-state index < -0.39 is 11.6 Å². The van der Waals surface area contributed by atoms with Crippen LogP contribution in [0.5, 0.6) is 0 Å². The number of likely N-dealkylation sites (tertiary alicyclic amines) is 1. The number of allylic oxidation sites excluding steroid dienone is 1. The lowest BCUT2D eigenvalue weighted by atomic mass is 9.99. The number of halogens is 3. The summed E-state index contributed by atoms with van der Waals surface area (Å²) in [6.45, 7) is 4.30. The molecular formula is C25H25ClF2N6. The van der Waals surface area contributed by atoms with Gasteiger partial charge in [0.1, 0.15) is 11.6 Å². The van der Waals surface area contributed by atoms with E-state index >= 15 is 0 Å². The van der Waals surface area contributed by atoms with Gasteiger partial charge in [0.15, 0.2) is 0 Å². The average Bonchev–Trinajstić information content (AvgIpc) is 2.81. The highest BCUT2D eigenvalue weighted by molar-refractivity contribution is 6.33. The van der Waals surface area contributed by atoms with Gasteiger partial charge in [0.25, 0.3) is 0 Å². The summed E-state index contributed by atoms with van der Waals surface area (Å²) in [7, 11) is 0. The minimum Gasteiger partial charge on any atom is -0.404 e. The van der Waals surface area contributed by atoms with Crippen molar-refractivity contribution >= 4 is 39.6 Å². The number of pyridine rings is 2. The van der Waals surface area contributed by atoms with Gasteiger partial charge in [0, 0.05) is 42.5 Å². The van der Waals surface area contributed by atoms with Crippen LogP contribution >= 0.6 is 11.6 Å². The van der Waals surface area contributed by atoms with E-state index in [1.807, 2.05) is 12.3 Å². The number of rotatable bonds is 5. The molecule has 1 aromatic carbocycles. The Balaban J connectivity index is 1.39. The number of fused-ring (bicyclic) bond motifs is 1. The monoisotopic (exact) mass is 482 g/mol. The molecule has 2 fully saturated rings. The molecule has 0 bridgehead atoms. The third-order valence-corrected chi connectivity index (χ3v) is 6.94. The van der Waals surface area contributed by atoms with Crippen molar-refractivity contribution in [3.8, 4) is 0 Å². The SMILES string of the molecule is N=C(/C(=C\N)c1ccc2ncc(N3CC(N4CCCCC4)C3)cc2n1)c1cc(Cl)c(F)cc1F. The molecule has 0 radical (unpaired) electrons. The van der Waals surface area contributed by atoms with Crippen LogP contribution in [-0.4, -0.2) is 52.8 Å². The molecule has 9 heteroatoms. The van der Waals surface area contributed by atoms with E-state index in [2.05, 4.69) is 19.8 Å². The third kappa shape index (κ3) is 4.23. The molecule has 176 valence electrons. The van der Waals surface area contributed by atoms with E-state index in [4.69, 9.17) is 22.7 Å². The van der Waals surface area contributed by atoms with Gasteiger partial charge in [-0.3, -0.25) is 15.3 Å². The number of benzene rings is 1. The quantitative estimate of drug-likeness (QED) is 0.410. The zero-order valence-electron chi connectivity index (χ0n) is 18.6. The van der Waals surface area contributed by atoms with Crippen LogP contribution < -0.4 is 10.6 Å². The summed E-state index contributed by atoms with van der Waals surface area (Å²) in [5.41, 5.74) is 8.38. The molecule has 0 amide bonds. The Labute approximate surface area is 201 Å². The summed E-state index contributed by atoms with van der Waals surface area (Å²) >= 11 is 5.81. The van der Waals surface area contributed by atoms with Crippen molar-refractivity contribution < 1.29 is 8.78 Å². The van der Waals surface area contributed by atoms with Gasteiger partial charge in [-0.15, -0.1) is 0 Å². The Kier molecular flexibility index (Phi) is 6.18. The fourth-order valence-electron chi connectivity index (χ4n) is 4.66. The Morgan fingerprint density at radius 2 is 1.82 bits per heavy atom. The summed E-state index contributed by atoms with van der Waals surface area (Å²) in [5, 5.41) is 8.20. The van der Waals surface area contributed by atoms with Crippen LogP contribution in [0.2, 0.25) is 5.02 Å². The number of anilines is 1. The van der Waals surface area contributed by atoms with Crippen molar-refractivity contribution in [1.82, 2.24) is 14.9 Å². The van der Waals surface area contributed by atoms with Crippen LogP contribution in [0.15, 0.2) is 42.7 Å². The maximum Gasteiger partial charge on any atom is 0.144 e. The van der Waals surface area contributed by atoms with Gasteiger partial charge >= 0.3 is 0 Å². The lowest BCUT2D eigenvalue weighted by Crippen LogP contribution is -2.60. The molecule has 2 aliphatic heterocycles. The van der Waals surface area contributed by atoms with Gasteiger partial charge in [-0.1, -0.05) is 18.0 Å². The number of nitrogens with two attached hydrogens (primary N) is 1. The molecule has 3 aromatic rings. The highest BCUT2D eigenvalue weighted by Crippen LogP contribution is 2.29. The topological polar surface area (TPSA) is 82.1 Å². The summed E-state index contributed by atoms with van der Waals surface area (Å²) in [4.78, 5) is 14.1. The third-order valence-electron chi connectivity index (χ3n) is 6.65. The molecule has 0 spiro atoms. The first-order chi connectivity index (χ1) is 16.4. The molecule has 6 nitrogen and oxygen atoms in total. The number of nitrogens with one attached hydrogen (secondary N) is 1. The van der Waals surface area contributed by atoms with Crippen molar-refractivity contribution in [2.75, 3.05) is 31.1 Å². The maximum absolute atomic E-state index is 14.4. The minimum absolute atomic E-state index is 0.152. The largest absolute Gasteiger partial charge is 0.404 e. The first-order valence-corrected chi connectivity index (χ1v) is 11.7. The van der Waals surface area contributed by atoms with Crippen molar-refractivity contribution in [3.05, 3.63) is 70.6 Å². The van der Waals surface area contributed by atoms with Crippen LogP contribution in [0.1, 0.15) is 30.5 Å². The zero-order chi connectivity index (χ0) is 23.8. The maximum atomic E-state index is 14.4. The summed E-state index contributed by atoms with van der Waals surface area (Å²) in [6, 6.07) is 7.78. The van der Waals surface area contributed by atoms with Gasteiger partial charge < -0.3 is 10.6 Å². The smallest absolute Gasteiger partial charge is 0.144 e. The Morgan fingerprint density at radius 1 is 1.06 bits per heavy atom. The zero-order valence-corrected chi connectivity index (χ0v) is 19.3. The molecule has 4 heterocycles. The molecule has 0 unspecified atom stereocenters. The van der Waals surface area contributed by atoms with Crippen LogP contribution in [0, 0.1) is 17.0 Å². The average molecular weight is 483 g/mol. The number of hydrogen-bond donors (Lipinski definition) is 2. The highest BCUT2D eigenvalue weighted by Gasteiger charge is 2.32. The van der Waals surface area contributed by atoms with E-state index in [-0.39, 0.29) is 21.9 Å². The number of hydrogen-bond acceptors (Lipinski definition) is 6.